The molecule has 0 heterocycles. The smallest absolute Gasteiger partial charge is 0.335 e. The maximum atomic E-state index is 11.5. The second-order valence-corrected chi connectivity index (χ2v) is 8.97. The van der Waals surface area contributed by atoms with Crippen molar-refractivity contribution in [2.45, 2.75) is 51.3 Å². The molecule has 0 aliphatic heterocycles. The van der Waals surface area contributed by atoms with Gasteiger partial charge in [-0.2, -0.15) is 0 Å². The fourth-order valence-corrected chi connectivity index (χ4v) is 4.28. The van der Waals surface area contributed by atoms with E-state index in [1.165, 1.54) is 0 Å². The van der Waals surface area contributed by atoms with Crippen molar-refractivity contribution in [3.05, 3.63) is 70.8 Å². The number of benzene rings is 2. The van der Waals surface area contributed by atoms with Gasteiger partial charge in [-0.1, -0.05) is 24.9 Å². The van der Waals surface area contributed by atoms with Crippen molar-refractivity contribution in [1.29, 1.82) is 0 Å². The van der Waals surface area contributed by atoms with Crippen LogP contribution in [0, 0.1) is 27.7 Å². The van der Waals surface area contributed by atoms with E-state index in [-0.39, 0.29) is 13.6 Å². The Morgan fingerprint density at radius 3 is 1.27 bits per heavy atom. The summed E-state index contributed by atoms with van der Waals surface area (Å²) in [4.78, 5) is 25.1. The SMILES string of the molecule is C=C(C)C(=O)OCOc1c(C)cc(Sc2cc(C)c(OCOC(=O)C(=C)C)c(C)c2)cc1C. The largest absolute Gasteiger partial charge is 0.457 e. The van der Waals surface area contributed by atoms with Crippen LogP contribution in [0.15, 0.2) is 58.4 Å². The molecule has 0 saturated carbocycles. The molecule has 0 radical (unpaired) electrons. The molecular weight excluding hydrogens is 440 g/mol. The monoisotopic (exact) mass is 470 g/mol. The summed E-state index contributed by atoms with van der Waals surface area (Å²) >= 11 is 1.62. The number of carbonyl (C=O) groups is 2. The van der Waals surface area contributed by atoms with Crippen molar-refractivity contribution >= 4 is 23.7 Å². The van der Waals surface area contributed by atoms with Crippen LogP contribution in [-0.2, 0) is 19.1 Å². The first-order chi connectivity index (χ1) is 15.5. The standard InChI is InChI=1S/C26H30O6S/c1-15(2)25(27)31-13-29-23-17(5)9-21(10-18(23)6)33-22-11-19(7)24(20(8)12-22)30-14-32-26(28)16(3)4/h9-12H,1,3,13-14H2,2,4-8H3. The third-order valence-corrected chi connectivity index (χ3v) is 5.53. The van der Waals surface area contributed by atoms with Gasteiger partial charge in [-0.25, -0.2) is 9.59 Å². The van der Waals surface area contributed by atoms with Gasteiger partial charge >= 0.3 is 11.9 Å². The van der Waals surface area contributed by atoms with E-state index in [1.807, 2.05) is 52.0 Å². The second kappa shape index (κ2) is 11.6. The Bertz CT molecular complexity index is 955. The quantitative estimate of drug-likeness (QED) is 0.240. The molecule has 0 bridgehead atoms. The predicted octanol–water partition coefficient (Wildman–Crippen LogP) is 5.98. The number of hydrogen-bond donors (Lipinski definition) is 0. The molecule has 0 unspecified atom stereocenters. The van der Waals surface area contributed by atoms with E-state index in [0.717, 1.165) is 32.0 Å². The molecule has 0 aliphatic rings. The van der Waals surface area contributed by atoms with Crippen molar-refractivity contribution in [3.63, 3.8) is 0 Å². The lowest BCUT2D eigenvalue weighted by Crippen LogP contribution is -2.11. The Morgan fingerprint density at radius 1 is 0.697 bits per heavy atom. The van der Waals surface area contributed by atoms with Gasteiger partial charge in [0.2, 0.25) is 13.6 Å². The number of hydrogen-bond acceptors (Lipinski definition) is 7. The van der Waals surface area contributed by atoms with Gasteiger partial charge in [-0.05, 0) is 88.1 Å². The van der Waals surface area contributed by atoms with Gasteiger partial charge in [0, 0.05) is 20.9 Å². The topological polar surface area (TPSA) is 71.1 Å². The average molecular weight is 471 g/mol. The predicted molar refractivity (Wildman–Crippen MR) is 129 cm³/mol. The van der Waals surface area contributed by atoms with Crippen LogP contribution in [0.1, 0.15) is 36.1 Å². The van der Waals surface area contributed by atoms with Gasteiger partial charge < -0.3 is 18.9 Å². The molecular formula is C26H30O6S. The highest BCUT2D eigenvalue weighted by molar-refractivity contribution is 7.99. The lowest BCUT2D eigenvalue weighted by molar-refractivity contribution is -0.146. The Kier molecular flexibility index (Phi) is 9.17. The highest BCUT2D eigenvalue weighted by Crippen LogP contribution is 2.36. The summed E-state index contributed by atoms with van der Waals surface area (Å²) in [6.07, 6.45) is 0. The third kappa shape index (κ3) is 7.43. The molecule has 0 saturated heterocycles. The van der Waals surface area contributed by atoms with Crippen LogP contribution in [0.2, 0.25) is 0 Å². The van der Waals surface area contributed by atoms with Crippen LogP contribution in [0.4, 0.5) is 0 Å². The van der Waals surface area contributed by atoms with Crippen molar-refractivity contribution < 1.29 is 28.5 Å². The van der Waals surface area contributed by atoms with Gasteiger partial charge in [-0.3, -0.25) is 0 Å². The van der Waals surface area contributed by atoms with E-state index in [4.69, 9.17) is 18.9 Å². The molecule has 0 aliphatic carbocycles. The molecule has 33 heavy (non-hydrogen) atoms. The highest BCUT2D eigenvalue weighted by atomic mass is 32.2. The average Bonchev–Trinajstić information content (AvgIpc) is 2.71. The first-order valence-electron chi connectivity index (χ1n) is 10.3. The minimum atomic E-state index is -0.482. The number of esters is 2. The third-order valence-electron chi connectivity index (χ3n) is 4.59. The number of aryl methyl sites for hydroxylation is 4. The summed E-state index contributed by atoms with van der Waals surface area (Å²) in [5, 5.41) is 0. The molecule has 0 atom stereocenters. The summed E-state index contributed by atoms with van der Waals surface area (Å²) in [5.74, 6) is 0.415. The van der Waals surface area contributed by atoms with Gasteiger partial charge in [-0.15, -0.1) is 0 Å². The van der Waals surface area contributed by atoms with Crippen LogP contribution >= 0.6 is 11.8 Å². The summed E-state index contributed by atoms with van der Waals surface area (Å²) < 4.78 is 21.4. The molecule has 0 spiro atoms. The van der Waals surface area contributed by atoms with Crippen molar-refractivity contribution in [3.8, 4) is 11.5 Å². The zero-order chi connectivity index (χ0) is 24.7. The van der Waals surface area contributed by atoms with Crippen LogP contribution in [0.5, 0.6) is 11.5 Å². The Balaban J connectivity index is 2.07. The molecule has 7 heteroatoms. The van der Waals surface area contributed by atoms with Crippen molar-refractivity contribution in [2.24, 2.45) is 0 Å². The van der Waals surface area contributed by atoms with Crippen LogP contribution in [0.25, 0.3) is 0 Å². The Morgan fingerprint density at radius 2 is 1.00 bits per heavy atom. The van der Waals surface area contributed by atoms with Crippen LogP contribution < -0.4 is 9.47 Å². The normalized spacial score (nSPS) is 10.4. The van der Waals surface area contributed by atoms with E-state index >= 15 is 0 Å². The van der Waals surface area contributed by atoms with Gasteiger partial charge in [0.1, 0.15) is 11.5 Å². The van der Waals surface area contributed by atoms with E-state index in [9.17, 15) is 9.59 Å². The van der Waals surface area contributed by atoms with Gasteiger partial charge in [0.15, 0.2) is 0 Å². The molecule has 0 aromatic heterocycles. The Hall–Kier alpha value is -3.19. The minimum Gasteiger partial charge on any atom is -0.457 e. The fraction of sp³-hybridized carbons (Fsp3) is 0.308. The summed E-state index contributed by atoms with van der Waals surface area (Å²) in [7, 11) is 0. The zero-order valence-corrected chi connectivity index (χ0v) is 20.8. The number of carbonyl (C=O) groups excluding carboxylic acids is 2. The second-order valence-electron chi connectivity index (χ2n) is 7.82. The van der Waals surface area contributed by atoms with E-state index in [2.05, 4.69) is 13.2 Å². The zero-order valence-electron chi connectivity index (χ0n) is 20.0. The molecule has 0 amide bonds. The molecule has 2 aromatic rings. The van der Waals surface area contributed by atoms with Gasteiger partial charge in [0.25, 0.3) is 0 Å². The highest BCUT2D eigenvalue weighted by Gasteiger charge is 2.12. The molecule has 176 valence electrons. The maximum Gasteiger partial charge on any atom is 0.335 e. The molecule has 6 nitrogen and oxygen atoms in total. The summed E-state index contributed by atoms with van der Waals surface area (Å²) in [6, 6.07) is 8.11. The van der Waals surface area contributed by atoms with Gasteiger partial charge in [0.05, 0.1) is 0 Å². The summed E-state index contributed by atoms with van der Waals surface area (Å²) in [5.41, 5.74) is 4.42. The van der Waals surface area contributed by atoms with E-state index in [1.54, 1.807) is 25.6 Å². The molecule has 2 aromatic carbocycles. The van der Waals surface area contributed by atoms with Crippen molar-refractivity contribution in [1.82, 2.24) is 0 Å². The molecule has 2 rings (SSSR count). The molecule has 0 N–H and O–H groups in total. The van der Waals surface area contributed by atoms with Crippen molar-refractivity contribution in [2.75, 3.05) is 13.6 Å². The van der Waals surface area contributed by atoms with Crippen LogP contribution in [-0.4, -0.2) is 25.5 Å². The molecule has 0 fully saturated rings. The van der Waals surface area contributed by atoms with E-state index < -0.39 is 11.9 Å². The minimum absolute atomic E-state index is 0.165. The van der Waals surface area contributed by atoms with Crippen LogP contribution in [0.3, 0.4) is 0 Å². The lowest BCUT2D eigenvalue weighted by atomic mass is 10.1. The Labute approximate surface area is 199 Å². The lowest BCUT2D eigenvalue weighted by Gasteiger charge is -2.16. The first kappa shape index (κ1) is 26.1. The fourth-order valence-electron chi connectivity index (χ4n) is 3.06. The number of rotatable bonds is 10. The summed E-state index contributed by atoms with van der Waals surface area (Å²) in [6.45, 7) is 17.7. The maximum absolute atomic E-state index is 11.5. The number of ether oxygens (including phenoxy) is 4. The first-order valence-corrected chi connectivity index (χ1v) is 11.1. The van der Waals surface area contributed by atoms with E-state index in [0.29, 0.717) is 22.6 Å².